The molecule has 20 heavy (non-hydrogen) atoms. The largest absolute Gasteiger partial charge is 0.383 e. The first kappa shape index (κ1) is 19.2. The van der Waals surface area contributed by atoms with E-state index in [-0.39, 0.29) is 24.9 Å². The predicted molar refractivity (Wildman–Crippen MR) is 81.7 cm³/mol. The second-order valence-corrected chi connectivity index (χ2v) is 4.61. The Balaban J connectivity index is 0.00000361. The average Bonchev–Trinajstić information content (AvgIpc) is 2.61. The quantitative estimate of drug-likeness (QED) is 0.698. The summed E-state index contributed by atoms with van der Waals surface area (Å²) in [6.07, 6.45) is 0. The highest BCUT2D eigenvalue weighted by molar-refractivity contribution is 6.31. The van der Waals surface area contributed by atoms with Crippen molar-refractivity contribution >= 4 is 29.9 Å². The van der Waals surface area contributed by atoms with Crippen molar-refractivity contribution in [3.8, 4) is 0 Å². The average molecular weight is 325 g/mol. The summed E-state index contributed by atoms with van der Waals surface area (Å²) < 4.78 is 6.52. The third-order valence-electron chi connectivity index (χ3n) is 2.69. The lowest BCUT2D eigenvalue weighted by molar-refractivity contribution is -0.121. The number of aromatic nitrogens is 2. The van der Waals surface area contributed by atoms with E-state index in [1.165, 1.54) is 0 Å². The van der Waals surface area contributed by atoms with E-state index in [4.69, 9.17) is 16.3 Å². The van der Waals surface area contributed by atoms with Gasteiger partial charge in [-0.05, 0) is 13.8 Å². The fourth-order valence-electron chi connectivity index (χ4n) is 1.61. The SMILES string of the molecule is COCCNCCNC(=O)Cn1nc(C)c(Cl)c1C.Cl. The highest BCUT2D eigenvalue weighted by Crippen LogP contribution is 2.18. The summed E-state index contributed by atoms with van der Waals surface area (Å²) in [6, 6.07) is 0. The zero-order valence-electron chi connectivity index (χ0n) is 12.0. The minimum atomic E-state index is -0.0733. The summed E-state index contributed by atoms with van der Waals surface area (Å²) in [5.74, 6) is -0.0733. The third kappa shape index (κ3) is 6.09. The highest BCUT2D eigenvalue weighted by Gasteiger charge is 2.11. The molecule has 6 nitrogen and oxygen atoms in total. The molecular weight excluding hydrogens is 303 g/mol. The van der Waals surface area contributed by atoms with Crippen LogP contribution in [0.25, 0.3) is 0 Å². The number of methoxy groups -OCH3 is 1. The normalized spacial score (nSPS) is 10.2. The summed E-state index contributed by atoms with van der Waals surface area (Å²) in [5, 5.41) is 10.8. The van der Waals surface area contributed by atoms with Crippen molar-refractivity contribution in [3.63, 3.8) is 0 Å². The zero-order valence-corrected chi connectivity index (χ0v) is 13.6. The van der Waals surface area contributed by atoms with Crippen LogP contribution in [-0.4, -0.2) is 49.0 Å². The molecule has 1 aromatic heterocycles. The molecular formula is C12H22Cl2N4O2. The standard InChI is InChI=1S/C12H21ClN4O2.ClH/c1-9-12(13)10(2)17(16-9)8-11(18)15-5-4-14-6-7-19-3;/h14H,4-8H2,1-3H3,(H,15,18);1H. The Morgan fingerprint density at radius 1 is 1.35 bits per heavy atom. The first-order valence-corrected chi connectivity index (χ1v) is 6.60. The molecule has 0 unspecified atom stereocenters. The fourth-order valence-corrected chi connectivity index (χ4v) is 1.75. The molecule has 8 heteroatoms. The Morgan fingerprint density at radius 3 is 2.60 bits per heavy atom. The molecule has 0 saturated carbocycles. The van der Waals surface area contributed by atoms with Crippen LogP contribution in [0.4, 0.5) is 0 Å². The van der Waals surface area contributed by atoms with Crippen molar-refractivity contribution in [2.75, 3.05) is 33.4 Å². The predicted octanol–water partition coefficient (Wildman–Crippen LogP) is 0.927. The number of nitrogens with one attached hydrogen (secondary N) is 2. The van der Waals surface area contributed by atoms with Gasteiger partial charge in [0.25, 0.3) is 0 Å². The lowest BCUT2D eigenvalue weighted by Crippen LogP contribution is -2.35. The lowest BCUT2D eigenvalue weighted by atomic mass is 10.4. The second-order valence-electron chi connectivity index (χ2n) is 4.24. The third-order valence-corrected chi connectivity index (χ3v) is 3.24. The Kier molecular flexibility index (Phi) is 9.58. The van der Waals surface area contributed by atoms with Gasteiger partial charge in [0.05, 0.1) is 23.0 Å². The summed E-state index contributed by atoms with van der Waals surface area (Å²) in [7, 11) is 1.66. The molecule has 0 spiro atoms. The number of rotatable bonds is 8. The number of halogens is 2. The van der Waals surface area contributed by atoms with Crippen LogP contribution in [0.2, 0.25) is 5.02 Å². The molecule has 0 saturated heterocycles. The number of hydrogen-bond acceptors (Lipinski definition) is 4. The van der Waals surface area contributed by atoms with Gasteiger partial charge in [-0.3, -0.25) is 9.48 Å². The Hall–Kier alpha value is -0.820. The number of amides is 1. The summed E-state index contributed by atoms with van der Waals surface area (Å²) >= 11 is 6.02. The van der Waals surface area contributed by atoms with Gasteiger partial charge in [0.2, 0.25) is 5.91 Å². The Labute approximate surface area is 130 Å². The van der Waals surface area contributed by atoms with Crippen LogP contribution in [0.3, 0.4) is 0 Å². The Morgan fingerprint density at radius 2 is 2.05 bits per heavy atom. The highest BCUT2D eigenvalue weighted by atomic mass is 35.5. The number of carbonyl (C=O) groups is 1. The number of nitrogens with zero attached hydrogens (tertiary/aromatic N) is 2. The van der Waals surface area contributed by atoms with Crippen molar-refractivity contribution in [3.05, 3.63) is 16.4 Å². The molecule has 1 amide bonds. The molecule has 116 valence electrons. The van der Waals surface area contributed by atoms with E-state index in [0.717, 1.165) is 17.9 Å². The Bertz CT molecular complexity index is 424. The topological polar surface area (TPSA) is 68.2 Å². The van der Waals surface area contributed by atoms with Crippen molar-refractivity contribution in [1.82, 2.24) is 20.4 Å². The van der Waals surface area contributed by atoms with Crippen molar-refractivity contribution in [1.29, 1.82) is 0 Å². The van der Waals surface area contributed by atoms with Gasteiger partial charge >= 0.3 is 0 Å². The molecule has 0 aliphatic heterocycles. The van der Waals surface area contributed by atoms with Gasteiger partial charge in [0, 0.05) is 26.7 Å². The number of aryl methyl sites for hydroxylation is 1. The monoisotopic (exact) mass is 324 g/mol. The minimum absolute atomic E-state index is 0. The number of ether oxygens (including phenoxy) is 1. The van der Waals surface area contributed by atoms with E-state index in [0.29, 0.717) is 24.7 Å². The van der Waals surface area contributed by atoms with E-state index in [1.807, 2.05) is 13.8 Å². The summed E-state index contributed by atoms with van der Waals surface area (Å²) in [4.78, 5) is 11.7. The van der Waals surface area contributed by atoms with Crippen molar-refractivity contribution in [2.45, 2.75) is 20.4 Å². The van der Waals surface area contributed by atoms with Crippen LogP contribution in [-0.2, 0) is 16.1 Å². The maximum atomic E-state index is 11.7. The summed E-state index contributed by atoms with van der Waals surface area (Å²) in [6.45, 7) is 6.60. The van der Waals surface area contributed by atoms with Crippen LogP contribution >= 0.6 is 24.0 Å². The van der Waals surface area contributed by atoms with Crippen molar-refractivity contribution < 1.29 is 9.53 Å². The molecule has 0 bridgehead atoms. The van der Waals surface area contributed by atoms with Crippen LogP contribution in [0, 0.1) is 13.8 Å². The smallest absolute Gasteiger partial charge is 0.241 e. The van der Waals surface area contributed by atoms with Crippen LogP contribution in [0.15, 0.2) is 0 Å². The fraction of sp³-hybridized carbons (Fsp3) is 0.667. The summed E-state index contributed by atoms with van der Waals surface area (Å²) in [5.41, 5.74) is 1.56. The molecule has 0 fully saturated rings. The van der Waals surface area contributed by atoms with Crippen LogP contribution in [0.1, 0.15) is 11.4 Å². The van der Waals surface area contributed by atoms with Crippen molar-refractivity contribution in [2.24, 2.45) is 0 Å². The van der Waals surface area contributed by atoms with Crippen LogP contribution in [0.5, 0.6) is 0 Å². The second kappa shape index (κ2) is 9.99. The maximum absolute atomic E-state index is 11.7. The molecule has 0 aromatic carbocycles. The molecule has 1 heterocycles. The van der Waals surface area contributed by atoms with Gasteiger partial charge < -0.3 is 15.4 Å². The van der Waals surface area contributed by atoms with Gasteiger partial charge in [-0.15, -0.1) is 12.4 Å². The van der Waals surface area contributed by atoms with Gasteiger partial charge in [-0.2, -0.15) is 5.10 Å². The van der Waals surface area contributed by atoms with Gasteiger partial charge in [0.15, 0.2) is 0 Å². The molecule has 0 aliphatic carbocycles. The molecule has 0 aliphatic rings. The first-order chi connectivity index (χ1) is 9.06. The van der Waals surface area contributed by atoms with Gasteiger partial charge in [-0.25, -0.2) is 0 Å². The van der Waals surface area contributed by atoms with E-state index in [1.54, 1.807) is 11.8 Å². The number of hydrogen-bond donors (Lipinski definition) is 2. The van der Waals surface area contributed by atoms with Crippen LogP contribution < -0.4 is 10.6 Å². The van der Waals surface area contributed by atoms with Gasteiger partial charge in [0.1, 0.15) is 6.54 Å². The van der Waals surface area contributed by atoms with E-state index in [2.05, 4.69) is 15.7 Å². The molecule has 1 rings (SSSR count). The molecule has 2 N–H and O–H groups in total. The minimum Gasteiger partial charge on any atom is -0.383 e. The molecule has 0 atom stereocenters. The number of carbonyl (C=O) groups excluding carboxylic acids is 1. The zero-order chi connectivity index (χ0) is 14.3. The molecule has 0 radical (unpaired) electrons. The van der Waals surface area contributed by atoms with Gasteiger partial charge in [-0.1, -0.05) is 11.6 Å². The molecule has 1 aromatic rings. The first-order valence-electron chi connectivity index (χ1n) is 6.22. The van der Waals surface area contributed by atoms with E-state index < -0.39 is 0 Å². The maximum Gasteiger partial charge on any atom is 0.241 e. The lowest BCUT2D eigenvalue weighted by Gasteiger charge is -2.07. The van der Waals surface area contributed by atoms with E-state index >= 15 is 0 Å². The van der Waals surface area contributed by atoms with E-state index in [9.17, 15) is 4.79 Å².